The lowest BCUT2D eigenvalue weighted by Gasteiger charge is -2.21. The van der Waals surface area contributed by atoms with Gasteiger partial charge in [0.1, 0.15) is 0 Å². The Morgan fingerprint density at radius 3 is 2.58 bits per heavy atom. The summed E-state index contributed by atoms with van der Waals surface area (Å²) in [7, 11) is 0. The van der Waals surface area contributed by atoms with Crippen LogP contribution in [0.3, 0.4) is 0 Å². The van der Waals surface area contributed by atoms with Crippen LogP contribution < -0.4 is 5.32 Å². The van der Waals surface area contributed by atoms with Crippen LogP contribution in [0.25, 0.3) is 10.9 Å². The summed E-state index contributed by atoms with van der Waals surface area (Å²) in [4.78, 5) is 27.2. The number of aryl methyl sites for hydroxylation is 2. The average molecular weight is 461 g/mol. The Bertz CT molecular complexity index is 1300. The molecule has 0 aliphatic heterocycles. The molecule has 0 spiro atoms. The van der Waals surface area contributed by atoms with Crippen molar-refractivity contribution in [2.75, 3.05) is 0 Å². The van der Waals surface area contributed by atoms with Gasteiger partial charge in [-0.1, -0.05) is 60.1 Å². The van der Waals surface area contributed by atoms with Crippen LogP contribution in [-0.4, -0.2) is 22.0 Å². The number of rotatable bonds is 8. The van der Waals surface area contributed by atoms with E-state index in [4.69, 9.17) is 16.7 Å². The predicted octanol–water partition coefficient (Wildman–Crippen LogP) is 5.60. The summed E-state index contributed by atoms with van der Waals surface area (Å²) in [5, 5.41) is 13.7. The van der Waals surface area contributed by atoms with Crippen molar-refractivity contribution < 1.29 is 14.7 Å². The number of aromatic amines is 1. The number of carbonyl (C=O) groups excluding carboxylic acids is 1. The van der Waals surface area contributed by atoms with Crippen LogP contribution in [0.5, 0.6) is 0 Å². The van der Waals surface area contributed by atoms with Crippen molar-refractivity contribution in [2.24, 2.45) is 0 Å². The number of H-pyrrole nitrogens is 1. The standard InChI is InChI=1S/C27H25ClN2O3/c1-17-7-10-21(23(28)13-17)27(19-5-3-2-4-6-19)30-25(31)15-18-8-11-24-22(14-18)20(16-29-24)9-12-26(32)33/h2-8,10-11,13-14,16,27,29H,9,12,15H2,1H3,(H,30,31)(H,32,33). The molecule has 0 saturated carbocycles. The van der Waals surface area contributed by atoms with E-state index in [1.165, 1.54) is 0 Å². The van der Waals surface area contributed by atoms with Crippen LogP contribution in [0.4, 0.5) is 0 Å². The number of hydrogen-bond donors (Lipinski definition) is 3. The van der Waals surface area contributed by atoms with Gasteiger partial charge < -0.3 is 15.4 Å². The summed E-state index contributed by atoms with van der Waals surface area (Å²) in [6.45, 7) is 1.98. The molecule has 1 heterocycles. The molecule has 0 aliphatic rings. The zero-order valence-corrected chi connectivity index (χ0v) is 19.0. The molecule has 0 saturated heterocycles. The van der Waals surface area contributed by atoms with Gasteiger partial charge in [-0.3, -0.25) is 9.59 Å². The maximum atomic E-state index is 13.1. The minimum atomic E-state index is -0.832. The predicted molar refractivity (Wildman–Crippen MR) is 131 cm³/mol. The third-order valence-electron chi connectivity index (χ3n) is 5.71. The summed E-state index contributed by atoms with van der Waals surface area (Å²) < 4.78 is 0. The first-order valence-electron chi connectivity index (χ1n) is 10.8. The number of halogens is 1. The molecule has 1 amide bonds. The summed E-state index contributed by atoms with van der Waals surface area (Å²) >= 11 is 6.54. The van der Waals surface area contributed by atoms with Crippen LogP contribution in [0.15, 0.2) is 72.9 Å². The van der Waals surface area contributed by atoms with Crippen LogP contribution in [0.1, 0.15) is 40.3 Å². The molecule has 0 aliphatic carbocycles. The minimum Gasteiger partial charge on any atom is -0.481 e. The Morgan fingerprint density at radius 2 is 1.85 bits per heavy atom. The van der Waals surface area contributed by atoms with E-state index in [1.54, 1.807) is 0 Å². The van der Waals surface area contributed by atoms with Crippen molar-refractivity contribution in [2.45, 2.75) is 32.2 Å². The molecule has 33 heavy (non-hydrogen) atoms. The molecular formula is C27H25ClN2O3. The van der Waals surface area contributed by atoms with Gasteiger partial charge in [-0.2, -0.15) is 0 Å². The third-order valence-corrected chi connectivity index (χ3v) is 6.04. The highest BCUT2D eigenvalue weighted by Gasteiger charge is 2.20. The largest absolute Gasteiger partial charge is 0.481 e. The van der Waals surface area contributed by atoms with E-state index in [2.05, 4.69) is 10.3 Å². The van der Waals surface area contributed by atoms with Crippen molar-refractivity contribution in [3.8, 4) is 0 Å². The first-order valence-corrected chi connectivity index (χ1v) is 11.2. The number of carbonyl (C=O) groups is 2. The molecule has 1 aromatic heterocycles. The SMILES string of the molecule is Cc1ccc(C(NC(=O)Cc2ccc3[nH]cc(CCC(=O)O)c3c2)c2ccccc2)c(Cl)c1. The zero-order valence-electron chi connectivity index (χ0n) is 18.3. The fourth-order valence-electron chi connectivity index (χ4n) is 4.03. The molecule has 1 atom stereocenters. The molecule has 0 radical (unpaired) electrons. The van der Waals surface area contributed by atoms with Crippen LogP contribution in [0.2, 0.25) is 5.02 Å². The fraction of sp³-hybridized carbons (Fsp3) is 0.185. The molecule has 1 unspecified atom stereocenters. The first-order chi connectivity index (χ1) is 15.9. The van der Waals surface area contributed by atoms with Gasteiger partial charge in [0.05, 0.1) is 12.5 Å². The number of carboxylic acids is 1. The van der Waals surface area contributed by atoms with Crippen molar-refractivity contribution in [3.63, 3.8) is 0 Å². The number of hydrogen-bond acceptors (Lipinski definition) is 2. The summed E-state index contributed by atoms with van der Waals surface area (Å²) in [6.07, 6.45) is 2.54. The van der Waals surface area contributed by atoms with E-state index in [-0.39, 0.29) is 24.8 Å². The van der Waals surface area contributed by atoms with Gasteiger partial charge in [0.15, 0.2) is 0 Å². The minimum absolute atomic E-state index is 0.0632. The van der Waals surface area contributed by atoms with Gasteiger partial charge in [0, 0.05) is 28.5 Å². The summed E-state index contributed by atoms with van der Waals surface area (Å²) in [5.41, 5.74) is 5.57. The molecule has 3 N–H and O–H groups in total. The fourth-order valence-corrected chi connectivity index (χ4v) is 4.38. The van der Waals surface area contributed by atoms with E-state index in [0.717, 1.165) is 38.7 Å². The second kappa shape index (κ2) is 9.92. The van der Waals surface area contributed by atoms with E-state index in [9.17, 15) is 9.59 Å². The Kier molecular flexibility index (Phi) is 6.80. The molecule has 4 rings (SSSR count). The second-order valence-corrected chi connectivity index (χ2v) is 8.61. The molecule has 168 valence electrons. The molecule has 5 nitrogen and oxygen atoms in total. The number of amides is 1. The number of nitrogens with one attached hydrogen (secondary N) is 2. The summed E-state index contributed by atoms with van der Waals surface area (Å²) in [5.74, 6) is -0.955. The lowest BCUT2D eigenvalue weighted by Crippen LogP contribution is -2.30. The normalized spacial score (nSPS) is 11.9. The van der Waals surface area contributed by atoms with Crippen LogP contribution >= 0.6 is 11.6 Å². The van der Waals surface area contributed by atoms with Gasteiger partial charge in [-0.25, -0.2) is 0 Å². The molecule has 3 aromatic carbocycles. The van der Waals surface area contributed by atoms with Crippen LogP contribution in [0, 0.1) is 6.92 Å². The van der Waals surface area contributed by atoms with E-state index in [0.29, 0.717) is 11.4 Å². The van der Waals surface area contributed by atoms with Gasteiger partial charge in [-0.05, 0) is 59.4 Å². The Balaban J connectivity index is 1.57. The third kappa shape index (κ3) is 5.44. The van der Waals surface area contributed by atoms with Crippen molar-refractivity contribution in [1.82, 2.24) is 10.3 Å². The maximum Gasteiger partial charge on any atom is 0.303 e. The Morgan fingerprint density at radius 1 is 1.06 bits per heavy atom. The topological polar surface area (TPSA) is 82.2 Å². The van der Waals surface area contributed by atoms with Gasteiger partial charge in [-0.15, -0.1) is 0 Å². The Hall–Kier alpha value is -3.57. The molecule has 0 fully saturated rings. The van der Waals surface area contributed by atoms with E-state index in [1.807, 2.05) is 79.9 Å². The van der Waals surface area contributed by atoms with Gasteiger partial charge >= 0.3 is 5.97 Å². The number of fused-ring (bicyclic) bond motifs is 1. The highest BCUT2D eigenvalue weighted by molar-refractivity contribution is 6.31. The maximum absolute atomic E-state index is 13.1. The molecule has 0 bridgehead atoms. The highest BCUT2D eigenvalue weighted by atomic mass is 35.5. The molecule has 4 aromatic rings. The number of carboxylic acid groups (broad SMARTS) is 1. The Labute approximate surface area is 197 Å². The molecular weight excluding hydrogens is 436 g/mol. The summed E-state index contributed by atoms with van der Waals surface area (Å²) in [6, 6.07) is 21.0. The van der Waals surface area contributed by atoms with E-state index < -0.39 is 5.97 Å². The van der Waals surface area contributed by atoms with Crippen LogP contribution in [-0.2, 0) is 22.4 Å². The molecule has 6 heteroatoms. The van der Waals surface area contributed by atoms with Crippen molar-refractivity contribution >= 4 is 34.4 Å². The van der Waals surface area contributed by atoms with Crippen molar-refractivity contribution in [3.05, 3.63) is 106 Å². The van der Waals surface area contributed by atoms with E-state index >= 15 is 0 Å². The number of aromatic nitrogens is 1. The smallest absolute Gasteiger partial charge is 0.303 e. The monoisotopic (exact) mass is 460 g/mol. The van der Waals surface area contributed by atoms with Gasteiger partial charge in [0.25, 0.3) is 0 Å². The quantitative estimate of drug-likeness (QED) is 0.320. The highest BCUT2D eigenvalue weighted by Crippen LogP contribution is 2.29. The van der Waals surface area contributed by atoms with Crippen molar-refractivity contribution in [1.29, 1.82) is 0 Å². The number of aliphatic carboxylic acids is 1. The number of benzene rings is 3. The average Bonchev–Trinajstić information content (AvgIpc) is 3.19. The second-order valence-electron chi connectivity index (χ2n) is 8.20. The lowest BCUT2D eigenvalue weighted by atomic mass is 9.97. The van der Waals surface area contributed by atoms with Gasteiger partial charge in [0.2, 0.25) is 5.91 Å². The first kappa shape index (κ1) is 22.6. The lowest BCUT2D eigenvalue weighted by molar-refractivity contribution is -0.137. The zero-order chi connectivity index (χ0) is 23.4.